The van der Waals surface area contributed by atoms with E-state index in [9.17, 15) is 18.7 Å². The number of furan rings is 1. The highest BCUT2D eigenvalue weighted by atomic mass is 19.1. The van der Waals surface area contributed by atoms with Gasteiger partial charge in [-0.2, -0.15) is 4.39 Å². The summed E-state index contributed by atoms with van der Waals surface area (Å²) in [7, 11) is 0. The van der Waals surface area contributed by atoms with E-state index < -0.39 is 17.8 Å². The fraction of sp³-hybridized carbons (Fsp3) is 0.200. The van der Waals surface area contributed by atoms with Crippen LogP contribution in [0, 0.1) is 25.7 Å². The monoisotopic (exact) mass is 452 g/mol. The first-order valence-corrected chi connectivity index (χ1v) is 10.3. The number of nitrogens with zero attached hydrogens (tertiary/aromatic N) is 1. The molecule has 3 N–H and O–H groups in total. The van der Waals surface area contributed by atoms with Crippen LogP contribution in [0.25, 0.3) is 22.1 Å². The Morgan fingerprint density at radius 1 is 1.15 bits per heavy atom. The Labute approximate surface area is 188 Å². The second kappa shape index (κ2) is 8.99. The number of hydrogen-bond donors (Lipinski definition) is 2. The lowest BCUT2D eigenvalue weighted by molar-refractivity contribution is -0.136. The first-order chi connectivity index (χ1) is 15.8. The number of aliphatic carboxylic acids is 1. The normalized spacial score (nSPS) is 11.2. The van der Waals surface area contributed by atoms with Gasteiger partial charge >= 0.3 is 5.97 Å². The molecule has 0 atom stereocenters. The van der Waals surface area contributed by atoms with E-state index in [1.54, 1.807) is 18.2 Å². The Morgan fingerprint density at radius 2 is 1.94 bits per heavy atom. The van der Waals surface area contributed by atoms with Gasteiger partial charge in [-0.15, -0.1) is 0 Å². The summed E-state index contributed by atoms with van der Waals surface area (Å²) < 4.78 is 40.2. The van der Waals surface area contributed by atoms with Gasteiger partial charge in [-0.3, -0.25) is 9.78 Å². The highest BCUT2D eigenvalue weighted by molar-refractivity contribution is 5.93. The van der Waals surface area contributed by atoms with E-state index >= 15 is 0 Å². The van der Waals surface area contributed by atoms with Crippen molar-refractivity contribution in [3.8, 4) is 16.9 Å². The van der Waals surface area contributed by atoms with Gasteiger partial charge in [-0.05, 0) is 48.7 Å². The van der Waals surface area contributed by atoms with Crippen LogP contribution >= 0.6 is 0 Å². The van der Waals surface area contributed by atoms with Crippen LogP contribution in [-0.4, -0.2) is 16.1 Å². The lowest BCUT2D eigenvalue weighted by Crippen LogP contribution is -2.07. The number of carbonyl (C=O) groups is 1. The van der Waals surface area contributed by atoms with Gasteiger partial charge in [0.15, 0.2) is 5.82 Å². The highest BCUT2D eigenvalue weighted by Gasteiger charge is 2.18. The molecule has 2 heterocycles. The van der Waals surface area contributed by atoms with Crippen molar-refractivity contribution in [2.24, 2.45) is 5.73 Å². The number of carboxylic acids is 1. The van der Waals surface area contributed by atoms with Crippen molar-refractivity contribution < 1.29 is 27.8 Å². The van der Waals surface area contributed by atoms with E-state index in [2.05, 4.69) is 4.98 Å². The third kappa shape index (κ3) is 4.42. The van der Waals surface area contributed by atoms with Crippen LogP contribution in [-0.2, 0) is 24.4 Å². The Kier molecular flexibility index (Phi) is 6.11. The third-order valence-corrected chi connectivity index (χ3v) is 5.57. The smallest absolute Gasteiger partial charge is 0.307 e. The molecule has 0 bridgehead atoms. The van der Waals surface area contributed by atoms with Gasteiger partial charge in [0.05, 0.1) is 12.1 Å². The number of carboxylic acid groups (broad SMARTS) is 1. The quantitative estimate of drug-likeness (QED) is 0.407. The highest BCUT2D eigenvalue weighted by Crippen LogP contribution is 2.35. The molecule has 0 aliphatic heterocycles. The largest absolute Gasteiger partial charge is 0.488 e. The average molecular weight is 452 g/mol. The van der Waals surface area contributed by atoms with E-state index in [1.165, 1.54) is 18.3 Å². The molecule has 0 aliphatic rings. The minimum atomic E-state index is -0.968. The summed E-state index contributed by atoms with van der Waals surface area (Å²) in [5.41, 5.74) is 9.37. The second-order valence-electron chi connectivity index (χ2n) is 7.79. The van der Waals surface area contributed by atoms with Crippen LogP contribution in [0.2, 0.25) is 0 Å². The molecule has 8 heteroatoms. The van der Waals surface area contributed by atoms with Gasteiger partial charge in [0.25, 0.3) is 6.01 Å². The van der Waals surface area contributed by atoms with Gasteiger partial charge in [-0.1, -0.05) is 12.1 Å². The number of ether oxygens (including phenoxy) is 1. The van der Waals surface area contributed by atoms with Crippen molar-refractivity contribution >= 4 is 16.9 Å². The summed E-state index contributed by atoms with van der Waals surface area (Å²) >= 11 is 0. The zero-order chi connectivity index (χ0) is 23.7. The molecule has 0 fully saturated rings. The summed E-state index contributed by atoms with van der Waals surface area (Å²) in [6, 6.07) is 8.83. The predicted molar refractivity (Wildman–Crippen MR) is 119 cm³/mol. The van der Waals surface area contributed by atoms with Gasteiger partial charge in [0.1, 0.15) is 17.9 Å². The molecule has 0 saturated heterocycles. The SMILES string of the molecule is Cc1ccc(CC(=O)O)c(OCc2cc(-c3ccnc(CN)c3F)c3oc(F)cc3c2)c1C. The number of aromatic nitrogens is 1. The zero-order valence-corrected chi connectivity index (χ0v) is 18.1. The molecule has 0 aliphatic carbocycles. The lowest BCUT2D eigenvalue weighted by Gasteiger charge is -2.16. The first kappa shape index (κ1) is 22.4. The average Bonchev–Trinajstić information content (AvgIpc) is 3.15. The van der Waals surface area contributed by atoms with E-state index in [1.807, 2.05) is 19.9 Å². The molecule has 0 saturated carbocycles. The number of fused-ring (bicyclic) bond motifs is 1. The Balaban J connectivity index is 1.77. The maximum Gasteiger partial charge on any atom is 0.307 e. The summed E-state index contributed by atoms with van der Waals surface area (Å²) in [5.74, 6) is -1.09. The minimum Gasteiger partial charge on any atom is -0.488 e. The zero-order valence-electron chi connectivity index (χ0n) is 18.1. The van der Waals surface area contributed by atoms with Gasteiger partial charge in [0.2, 0.25) is 0 Å². The number of hydrogen-bond acceptors (Lipinski definition) is 5. The summed E-state index contributed by atoms with van der Waals surface area (Å²) in [6.07, 6.45) is 1.25. The summed E-state index contributed by atoms with van der Waals surface area (Å²) in [5, 5.41) is 9.68. The Bertz CT molecular complexity index is 1360. The van der Waals surface area contributed by atoms with Crippen molar-refractivity contribution in [3.63, 3.8) is 0 Å². The molecule has 170 valence electrons. The fourth-order valence-corrected chi connectivity index (χ4v) is 3.81. The van der Waals surface area contributed by atoms with E-state index in [0.717, 1.165) is 11.1 Å². The predicted octanol–water partition coefficient (Wildman–Crippen LogP) is 5.05. The van der Waals surface area contributed by atoms with E-state index in [4.69, 9.17) is 14.9 Å². The molecule has 0 spiro atoms. The van der Waals surface area contributed by atoms with Crippen molar-refractivity contribution in [3.05, 3.63) is 82.4 Å². The molecule has 2 aromatic heterocycles. The summed E-state index contributed by atoms with van der Waals surface area (Å²) in [6.45, 7) is 3.74. The fourth-order valence-electron chi connectivity index (χ4n) is 3.81. The third-order valence-electron chi connectivity index (χ3n) is 5.57. The van der Waals surface area contributed by atoms with Crippen LogP contribution in [0.5, 0.6) is 5.75 Å². The number of nitrogens with two attached hydrogens (primary N) is 1. The van der Waals surface area contributed by atoms with Gasteiger partial charge in [-0.25, -0.2) is 4.39 Å². The van der Waals surface area contributed by atoms with Gasteiger partial charge < -0.3 is 20.0 Å². The standard InChI is InChI=1S/C25H22F2N2O4/c1-13-3-4-16(10-22(30)31)24(14(13)2)32-12-15-7-17-9-21(26)33-25(17)19(8-15)18-5-6-29-20(11-28)23(18)27/h3-9H,10-12,28H2,1-2H3,(H,30,31). The molecule has 0 radical (unpaired) electrons. The lowest BCUT2D eigenvalue weighted by atomic mass is 10.00. The van der Waals surface area contributed by atoms with Crippen molar-refractivity contribution in [1.29, 1.82) is 0 Å². The number of pyridine rings is 1. The Morgan fingerprint density at radius 3 is 2.67 bits per heavy atom. The number of benzene rings is 2. The molecule has 0 unspecified atom stereocenters. The minimum absolute atomic E-state index is 0.0586. The van der Waals surface area contributed by atoms with Crippen LogP contribution < -0.4 is 10.5 Å². The van der Waals surface area contributed by atoms with Crippen molar-refractivity contribution in [2.75, 3.05) is 0 Å². The number of halogens is 2. The van der Waals surface area contributed by atoms with E-state index in [0.29, 0.717) is 27.8 Å². The van der Waals surface area contributed by atoms with Crippen molar-refractivity contribution in [2.45, 2.75) is 33.4 Å². The van der Waals surface area contributed by atoms with Crippen LogP contribution in [0.4, 0.5) is 8.78 Å². The van der Waals surface area contributed by atoms with Gasteiger partial charge in [0, 0.05) is 40.9 Å². The van der Waals surface area contributed by atoms with Crippen molar-refractivity contribution in [1.82, 2.24) is 4.98 Å². The molecular weight excluding hydrogens is 430 g/mol. The van der Waals surface area contributed by atoms with Crippen LogP contribution in [0.15, 0.2) is 47.0 Å². The molecule has 0 amide bonds. The topological polar surface area (TPSA) is 98.6 Å². The van der Waals surface area contributed by atoms with Crippen LogP contribution in [0.3, 0.4) is 0 Å². The van der Waals surface area contributed by atoms with E-state index in [-0.39, 0.29) is 36.4 Å². The molecule has 4 rings (SSSR count). The van der Waals surface area contributed by atoms with Crippen LogP contribution in [0.1, 0.15) is 27.9 Å². The molecule has 4 aromatic rings. The molecule has 6 nitrogen and oxygen atoms in total. The Hall–Kier alpha value is -3.78. The maximum atomic E-state index is 15.0. The molecular formula is C25H22F2N2O4. The summed E-state index contributed by atoms with van der Waals surface area (Å²) in [4.78, 5) is 15.2. The maximum absolute atomic E-state index is 15.0. The number of rotatable bonds is 7. The second-order valence-corrected chi connectivity index (χ2v) is 7.79. The molecule has 33 heavy (non-hydrogen) atoms. The first-order valence-electron chi connectivity index (χ1n) is 10.3. The number of aryl methyl sites for hydroxylation is 1. The molecule has 2 aromatic carbocycles.